The summed E-state index contributed by atoms with van der Waals surface area (Å²) < 4.78 is 0. The monoisotopic (exact) mass is 263 g/mol. The Morgan fingerprint density at radius 1 is 1.58 bits per heavy atom. The molecule has 104 valence electrons. The fourth-order valence-electron chi connectivity index (χ4n) is 2.35. The van der Waals surface area contributed by atoms with Crippen LogP contribution in [0.2, 0.25) is 0 Å². The number of aryl methyl sites for hydroxylation is 1. The van der Waals surface area contributed by atoms with Gasteiger partial charge in [0.1, 0.15) is 17.5 Å². The van der Waals surface area contributed by atoms with Crippen LogP contribution < -0.4 is 16.0 Å². The van der Waals surface area contributed by atoms with Gasteiger partial charge in [-0.2, -0.15) is 0 Å². The van der Waals surface area contributed by atoms with Crippen molar-refractivity contribution in [3.8, 4) is 0 Å². The number of aromatic nitrogens is 2. The van der Waals surface area contributed by atoms with E-state index >= 15 is 0 Å². The number of nitrogens with two attached hydrogens (primary N) is 1. The number of primary amides is 1. The van der Waals surface area contributed by atoms with Gasteiger partial charge in [0.25, 0.3) is 0 Å². The first-order valence-corrected chi connectivity index (χ1v) is 6.74. The maximum Gasteiger partial charge on any atom is 0.222 e. The van der Waals surface area contributed by atoms with Crippen LogP contribution in [-0.2, 0) is 11.2 Å². The molecule has 1 amide bonds. The molecule has 1 aromatic heterocycles. The molecule has 0 saturated carbocycles. The van der Waals surface area contributed by atoms with Gasteiger partial charge in [0.15, 0.2) is 0 Å². The molecule has 1 atom stereocenters. The molecule has 1 fully saturated rings. The van der Waals surface area contributed by atoms with Crippen LogP contribution >= 0.6 is 0 Å². The van der Waals surface area contributed by atoms with E-state index in [0.717, 1.165) is 43.3 Å². The number of piperidine rings is 1. The highest BCUT2D eigenvalue weighted by atomic mass is 16.1. The van der Waals surface area contributed by atoms with Crippen LogP contribution in [-0.4, -0.2) is 36.0 Å². The fraction of sp³-hybridized carbons (Fsp3) is 0.615. The third-order valence-electron chi connectivity index (χ3n) is 3.48. The first-order chi connectivity index (χ1) is 9.13. The number of amides is 1. The Morgan fingerprint density at radius 3 is 3.00 bits per heavy atom. The maximum atomic E-state index is 11.3. The second-order valence-corrected chi connectivity index (χ2v) is 4.82. The van der Waals surface area contributed by atoms with Crippen molar-refractivity contribution >= 4 is 17.5 Å². The molecule has 2 rings (SSSR count). The van der Waals surface area contributed by atoms with Crippen molar-refractivity contribution in [1.82, 2.24) is 9.97 Å². The van der Waals surface area contributed by atoms with E-state index in [9.17, 15) is 4.79 Å². The van der Waals surface area contributed by atoms with Gasteiger partial charge in [-0.25, -0.2) is 9.97 Å². The summed E-state index contributed by atoms with van der Waals surface area (Å²) in [7, 11) is 1.84. The number of anilines is 2. The predicted octanol–water partition coefficient (Wildman–Crippen LogP) is 0.782. The van der Waals surface area contributed by atoms with Crippen LogP contribution in [0.5, 0.6) is 0 Å². The molecule has 1 unspecified atom stereocenters. The molecule has 1 aliphatic heterocycles. The van der Waals surface area contributed by atoms with Gasteiger partial charge < -0.3 is 16.0 Å². The summed E-state index contributed by atoms with van der Waals surface area (Å²) in [6.07, 6.45) is 2.62. The molecule has 1 aromatic rings. The Balaban J connectivity index is 2.22. The molecule has 1 aliphatic rings. The highest BCUT2D eigenvalue weighted by Crippen LogP contribution is 2.23. The molecule has 0 radical (unpaired) electrons. The number of hydrogen-bond donors (Lipinski definition) is 2. The molecule has 19 heavy (non-hydrogen) atoms. The summed E-state index contributed by atoms with van der Waals surface area (Å²) in [6, 6.07) is 1.92. The van der Waals surface area contributed by atoms with Gasteiger partial charge in [0, 0.05) is 32.6 Å². The normalized spacial score (nSPS) is 19.3. The molecule has 6 heteroatoms. The lowest BCUT2D eigenvalue weighted by Crippen LogP contribution is -2.41. The summed E-state index contributed by atoms with van der Waals surface area (Å²) in [6.45, 7) is 3.59. The quantitative estimate of drug-likeness (QED) is 0.838. The molecule has 3 N–H and O–H groups in total. The van der Waals surface area contributed by atoms with Crippen molar-refractivity contribution in [2.45, 2.75) is 26.2 Å². The zero-order valence-corrected chi connectivity index (χ0v) is 11.5. The second kappa shape index (κ2) is 5.86. The summed E-state index contributed by atoms with van der Waals surface area (Å²) in [5.74, 6) is 2.20. The summed E-state index contributed by atoms with van der Waals surface area (Å²) in [5.41, 5.74) is 5.41. The van der Waals surface area contributed by atoms with E-state index < -0.39 is 0 Å². The van der Waals surface area contributed by atoms with Crippen LogP contribution in [0, 0.1) is 5.92 Å². The van der Waals surface area contributed by atoms with Crippen molar-refractivity contribution < 1.29 is 4.79 Å². The van der Waals surface area contributed by atoms with Gasteiger partial charge in [-0.1, -0.05) is 6.92 Å². The highest BCUT2D eigenvalue weighted by Gasteiger charge is 2.25. The first-order valence-electron chi connectivity index (χ1n) is 6.74. The van der Waals surface area contributed by atoms with Gasteiger partial charge in [-0.05, 0) is 12.8 Å². The van der Waals surface area contributed by atoms with Crippen molar-refractivity contribution in [3.63, 3.8) is 0 Å². The van der Waals surface area contributed by atoms with Crippen LogP contribution in [0.3, 0.4) is 0 Å². The smallest absolute Gasteiger partial charge is 0.222 e. The minimum absolute atomic E-state index is 0.0770. The van der Waals surface area contributed by atoms with Crippen LogP contribution in [0.15, 0.2) is 6.07 Å². The molecule has 0 aromatic carbocycles. The molecular weight excluding hydrogens is 242 g/mol. The van der Waals surface area contributed by atoms with Gasteiger partial charge >= 0.3 is 0 Å². The lowest BCUT2D eigenvalue weighted by molar-refractivity contribution is -0.122. The van der Waals surface area contributed by atoms with Crippen LogP contribution in [0.1, 0.15) is 25.6 Å². The highest BCUT2D eigenvalue weighted by molar-refractivity contribution is 5.77. The molecular formula is C13H21N5O. The molecule has 1 saturated heterocycles. The van der Waals surface area contributed by atoms with E-state index in [1.165, 1.54) is 0 Å². The van der Waals surface area contributed by atoms with E-state index in [1.54, 1.807) is 0 Å². The third kappa shape index (κ3) is 3.13. The van der Waals surface area contributed by atoms with Crippen LogP contribution in [0.4, 0.5) is 11.6 Å². The molecule has 0 bridgehead atoms. The van der Waals surface area contributed by atoms with E-state index in [0.29, 0.717) is 6.54 Å². The summed E-state index contributed by atoms with van der Waals surface area (Å²) >= 11 is 0. The Morgan fingerprint density at radius 2 is 2.37 bits per heavy atom. The topological polar surface area (TPSA) is 84.1 Å². The minimum atomic E-state index is -0.219. The van der Waals surface area contributed by atoms with Gasteiger partial charge in [0.05, 0.1) is 5.92 Å². The van der Waals surface area contributed by atoms with Crippen LogP contribution in [0.25, 0.3) is 0 Å². The van der Waals surface area contributed by atoms with E-state index in [4.69, 9.17) is 5.73 Å². The first kappa shape index (κ1) is 13.6. The standard InChI is InChI=1S/C13H21N5O/c1-3-10-16-11(15-2)7-12(17-10)18-6-4-5-9(8-18)13(14)19/h7,9H,3-6,8H2,1-2H3,(H2,14,19)(H,15,16,17). The number of carbonyl (C=O) groups excluding carboxylic acids is 1. The lowest BCUT2D eigenvalue weighted by Gasteiger charge is -2.32. The molecule has 0 spiro atoms. The SMILES string of the molecule is CCc1nc(NC)cc(N2CCCC(C(N)=O)C2)n1. The van der Waals surface area contributed by atoms with Gasteiger partial charge in [0.2, 0.25) is 5.91 Å². The Labute approximate surface area is 113 Å². The number of nitrogens with one attached hydrogen (secondary N) is 1. The van der Waals surface area contributed by atoms with Crippen molar-refractivity contribution in [2.75, 3.05) is 30.4 Å². The Kier molecular flexibility index (Phi) is 4.19. The second-order valence-electron chi connectivity index (χ2n) is 4.82. The molecule has 6 nitrogen and oxygen atoms in total. The van der Waals surface area contributed by atoms with Crippen molar-refractivity contribution in [1.29, 1.82) is 0 Å². The largest absolute Gasteiger partial charge is 0.373 e. The number of nitrogens with zero attached hydrogens (tertiary/aromatic N) is 3. The number of carbonyl (C=O) groups is 1. The summed E-state index contributed by atoms with van der Waals surface area (Å²) in [4.78, 5) is 22.4. The van der Waals surface area contributed by atoms with E-state index in [2.05, 4.69) is 20.2 Å². The van der Waals surface area contributed by atoms with E-state index in [1.807, 2.05) is 20.0 Å². The average molecular weight is 263 g/mol. The lowest BCUT2D eigenvalue weighted by atomic mass is 9.97. The molecule has 0 aliphatic carbocycles. The molecule has 2 heterocycles. The Bertz CT molecular complexity index is 440. The van der Waals surface area contributed by atoms with E-state index in [-0.39, 0.29) is 11.8 Å². The van der Waals surface area contributed by atoms with Crippen molar-refractivity contribution in [3.05, 3.63) is 11.9 Å². The fourth-order valence-corrected chi connectivity index (χ4v) is 2.35. The zero-order valence-electron chi connectivity index (χ0n) is 11.5. The average Bonchev–Trinajstić information content (AvgIpc) is 2.46. The van der Waals surface area contributed by atoms with Gasteiger partial charge in [-0.15, -0.1) is 0 Å². The Hall–Kier alpha value is -1.85. The zero-order chi connectivity index (χ0) is 13.8. The number of rotatable bonds is 4. The minimum Gasteiger partial charge on any atom is -0.373 e. The maximum absolute atomic E-state index is 11.3. The van der Waals surface area contributed by atoms with Gasteiger partial charge in [-0.3, -0.25) is 4.79 Å². The predicted molar refractivity (Wildman–Crippen MR) is 75.1 cm³/mol. The summed E-state index contributed by atoms with van der Waals surface area (Å²) in [5, 5.41) is 3.05. The van der Waals surface area contributed by atoms with Crippen molar-refractivity contribution in [2.24, 2.45) is 11.7 Å². The third-order valence-corrected chi connectivity index (χ3v) is 3.48. The number of hydrogen-bond acceptors (Lipinski definition) is 5.